The summed E-state index contributed by atoms with van der Waals surface area (Å²) in [5, 5.41) is 0.358. The van der Waals surface area contributed by atoms with Crippen LogP contribution in [0, 0.1) is 4.91 Å². The average molecular weight is 342 g/mol. The molecule has 1 amide bonds. The highest BCUT2D eigenvalue weighted by molar-refractivity contribution is 6.30. The van der Waals surface area contributed by atoms with E-state index in [0.717, 1.165) is 19.3 Å². The van der Waals surface area contributed by atoms with Crippen molar-refractivity contribution >= 4 is 23.4 Å². The third-order valence-electron chi connectivity index (χ3n) is 3.29. The molecule has 1 heterocycles. The molecule has 1 saturated heterocycles. The fourth-order valence-electron chi connectivity index (χ4n) is 2.25. The molecule has 1 fully saturated rings. The van der Waals surface area contributed by atoms with Crippen LogP contribution in [-0.2, 0) is 4.84 Å². The number of hydrogen-bond acceptors (Lipinski definition) is 4. The minimum Gasteiger partial charge on any atom is -0.403 e. The van der Waals surface area contributed by atoms with E-state index in [9.17, 15) is 9.70 Å². The van der Waals surface area contributed by atoms with E-state index < -0.39 is 11.7 Å². The van der Waals surface area contributed by atoms with Crippen molar-refractivity contribution in [2.24, 2.45) is 0 Å². The second-order valence-corrected chi connectivity index (χ2v) is 6.92. The largest absolute Gasteiger partial charge is 0.415 e. The molecule has 0 unspecified atom stereocenters. The van der Waals surface area contributed by atoms with E-state index in [1.165, 1.54) is 12.1 Å². The average Bonchev–Trinajstić information content (AvgIpc) is 2.48. The quantitative estimate of drug-likeness (QED) is 0.761. The predicted octanol–water partition coefficient (Wildman–Crippen LogP) is 4.47. The molecule has 6 nitrogen and oxygen atoms in total. The number of piperidine rings is 1. The second-order valence-electron chi connectivity index (χ2n) is 6.49. The SMILES string of the molecule is CC(C)(C)O[N+](=O)c1cc(Cl)ccc1OC(=O)N1CCCCC1. The van der Waals surface area contributed by atoms with Gasteiger partial charge in [-0.1, -0.05) is 11.6 Å². The molecule has 126 valence electrons. The van der Waals surface area contributed by atoms with Crippen LogP contribution in [0.25, 0.3) is 0 Å². The first-order chi connectivity index (χ1) is 10.8. The highest BCUT2D eigenvalue weighted by Crippen LogP contribution is 2.32. The molecule has 23 heavy (non-hydrogen) atoms. The van der Waals surface area contributed by atoms with E-state index in [0.29, 0.717) is 23.0 Å². The highest BCUT2D eigenvalue weighted by atomic mass is 35.5. The lowest BCUT2D eigenvalue weighted by atomic mass is 10.1. The van der Waals surface area contributed by atoms with Gasteiger partial charge in [-0.25, -0.2) is 9.63 Å². The number of halogens is 1. The molecular weight excluding hydrogens is 320 g/mol. The summed E-state index contributed by atoms with van der Waals surface area (Å²) in [4.78, 5) is 31.7. The number of benzene rings is 1. The zero-order chi connectivity index (χ0) is 17.0. The zero-order valence-corrected chi connectivity index (χ0v) is 14.4. The highest BCUT2D eigenvalue weighted by Gasteiger charge is 2.31. The second kappa shape index (κ2) is 7.17. The summed E-state index contributed by atoms with van der Waals surface area (Å²) < 4.78 is 5.38. The van der Waals surface area contributed by atoms with Crippen LogP contribution in [0.5, 0.6) is 5.75 Å². The number of amides is 1. The molecule has 1 aliphatic rings. The number of hydrogen-bond donors (Lipinski definition) is 0. The molecule has 2 rings (SSSR count). The number of carbonyl (C=O) groups excluding carboxylic acids is 1. The molecule has 1 aromatic rings. The summed E-state index contributed by atoms with van der Waals surface area (Å²) in [5.74, 6) is 0.129. The normalized spacial score (nSPS) is 15.2. The van der Waals surface area contributed by atoms with Gasteiger partial charge in [0.15, 0.2) is 5.60 Å². The first-order valence-corrected chi connectivity index (χ1v) is 8.07. The summed E-state index contributed by atoms with van der Waals surface area (Å²) >= 11 is 5.95. The maximum absolute atomic E-state index is 12.2. The van der Waals surface area contributed by atoms with Crippen LogP contribution in [0.3, 0.4) is 0 Å². The summed E-state index contributed by atoms with van der Waals surface area (Å²) in [5.41, 5.74) is -0.615. The lowest BCUT2D eigenvalue weighted by molar-refractivity contribution is -0.766. The fourth-order valence-corrected chi connectivity index (χ4v) is 2.42. The van der Waals surface area contributed by atoms with Gasteiger partial charge in [-0.15, -0.1) is 0 Å². The van der Waals surface area contributed by atoms with Crippen LogP contribution >= 0.6 is 11.6 Å². The minimum atomic E-state index is -0.682. The van der Waals surface area contributed by atoms with Gasteiger partial charge in [0, 0.05) is 24.2 Å². The zero-order valence-electron chi connectivity index (χ0n) is 13.7. The Hall–Kier alpha value is -1.82. The Labute approximate surface area is 140 Å². The van der Waals surface area contributed by atoms with Gasteiger partial charge in [0.05, 0.1) is 4.91 Å². The summed E-state index contributed by atoms with van der Waals surface area (Å²) in [6.07, 6.45) is 2.58. The molecule has 0 bridgehead atoms. The van der Waals surface area contributed by atoms with Gasteiger partial charge in [-0.05, 0) is 52.2 Å². The Morgan fingerprint density at radius 3 is 2.48 bits per heavy atom. The Balaban J connectivity index is 2.17. The first-order valence-electron chi connectivity index (χ1n) is 7.69. The summed E-state index contributed by atoms with van der Waals surface area (Å²) in [7, 11) is 0. The Kier molecular flexibility index (Phi) is 5.46. The number of carbonyl (C=O) groups is 1. The van der Waals surface area contributed by atoms with E-state index in [1.54, 1.807) is 31.7 Å². The predicted molar refractivity (Wildman–Crippen MR) is 87.0 cm³/mol. The van der Waals surface area contributed by atoms with Gasteiger partial charge in [-0.3, -0.25) is 0 Å². The molecule has 0 spiro atoms. The lowest BCUT2D eigenvalue weighted by Gasteiger charge is -2.25. The van der Waals surface area contributed by atoms with E-state index in [1.807, 2.05) is 0 Å². The molecule has 1 aromatic carbocycles. The standard InChI is InChI=1S/C16H22ClN2O4/c1-16(2,3)23-19(21)13-11-12(17)7-8-14(13)22-15(20)18-9-5-4-6-10-18/h7-8,11H,4-6,9-10H2,1-3H3/q+1. The molecule has 0 saturated carbocycles. The third kappa shape index (κ3) is 5.10. The summed E-state index contributed by atoms with van der Waals surface area (Å²) in [6.45, 7) is 6.59. The van der Waals surface area contributed by atoms with Crippen LogP contribution in [0.1, 0.15) is 40.0 Å². The van der Waals surface area contributed by atoms with Crippen molar-refractivity contribution in [2.75, 3.05) is 13.1 Å². The van der Waals surface area contributed by atoms with Gasteiger partial charge >= 0.3 is 11.8 Å². The Morgan fingerprint density at radius 2 is 1.87 bits per heavy atom. The maximum Gasteiger partial charge on any atom is 0.415 e. The molecule has 0 N–H and O–H groups in total. The van der Waals surface area contributed by atoms with E-state index in [-0.39, 0.29) is 11.4 Å². The number of likely N-dealkylation sites (tertiary alicyclic amines) is 1. The number of rotatable bonds is 3. The topological polar surface area (TPSA) is 58.9 Å². The van der Waals surface area contributed by atoms with Crippen LogP contribution in [0.2, 0.25) is 5.02 Å². The summed E-state index contributed by atoms with van der Waals surface area (Å²) in [6, 6.07) is 4.48. The van der Waals surface area contributed by atoms with E-state index in [4.69, 9.17) is 21.2 Å². The molecule has 0 aromatic heterocycles. The van der Waals surface area contributed by atoms with Crippen molar-refractivity contribution in [3.63, 3.8) is 0 Å². The van der Waals surface area contributed by atoms with E-state index in [2.05, 4.69) is 0 Å². The molecule has 7 heteroatoms. The van der Waals surface area contributed by atoms with Gasteiger partial charge in [-0.2, -0.15) is 0 Å². The van der Waals surface area contributed by atoms with Gasteiger partial charge in [0.25, 0.3) is 4.92 Å². The maximum atomic E-state index is 12.2. The van der Waals surface area contributed by atoms with Crippen molar-refractivity contribution < 1.29 is 19.3 Å². The van der Waals surface area contributed by atoms with Crippen molar-refractivity contribution in [1.82, 2.24) is 4.90 Å². The molecule has 0 aliphatic carbocycles. The van der Waals surface area contributed by atoms with Crippen LogP contribution in [-0.4, -0.2) is 34.6 Å². The molecule has 0 atom stereocenters. The Morgan fingerprint density at radius 1 is 1.22 bits per heavy atom. The molecule has 1 aliphatic heterocycles. The minimum absolute atomic E-state index is 0.0674. The third-order valence-corrected chi connectivity index (χ3v) is 3.52. The van der Waals surface area contributed by atoms with Crippen molar-refractivity contribution in [2.45, 2.75) is 45.6 Å². The van der Waals surface area contributed by atoms with Crippen molar-refractivity contribution in [3.05, 3.63) is 28.1 Å². The first kappa shape index (κ1) is 17.5. The lowest BCUT2D eigenvalue weighted by Crippen LogP contribution is -2.37. The Bertz CT molecular complexity index is 592. The fraction of sp³-hybridized carbons (Fsp3) is 0.562. The van der Waals surface area contributed by atoms with Crippen molar-refractivity contribution in [3.8, 4) is 5.75 Å². The van der Waals surface area contributed by atoms with Crippen LogP contribution < -0.4 is 4.74 Å². The smallest absolute Gasteiger partial charge is 0.403 e. The van der Waals surface area contributed by atoms with Gasteiger partial charge in [0.2, 0.25) is 5.75 Å². The number of ether oxygens (including phenoxy) is 1. The van der Waals surface area contributed by atoms with Gasteiger partial charge < -0.3 is 9.64 Å². The van der Waals surface area contributed by atoms with Crippen molar-refractivity contribution in [1.29, 1.82) is 0 Å². The monoisotopic (exact) mass is 341 g/mol. The molecular formula is C16H22ClN2O4+. The number of nitrogens with zero attached hydrogens (tertiary/aromatic N) is 2. The van der Waals surface area contributed by atoms with Crippen LogP contribution in [0.4, 0.5) is 10.5 Å². The van der Waals surface area contributed by atoms with Crippen LogP contribution in [0.15, 0.2) is 18.2 Å². The molecule has 0 radical (unpaired) electrons. The van der Waals surface area contributed by atoms with Gasteiger partial charge in [0.1, 0.15) is 0 Å². The van der Waals surface area contributed by atoms with E-state index >= 15 is 0 Å².